The van der Waals surface area contributed by atoms with Gasteiger partial charge >= 0.3 is 11.9 Å². The Kier molecular flexibility index (Phi) is 9.51. The van der Waals surface area contributed by atoms with Crippen LogP contribution in [0.5, 0.6) is 0 Å². The minimum absolute atomic E-state index is 0.113. The number of aliphatic carboxylic acids is 1. The minimum Gasteiger partial charge on any atom is -0.480 e. The standard InChI is InChI=1S/C13H24N4O6/c1-3-23-13(22)8-17(6-11(15)19)9(2)4-16(5-10(14)18)7-12(20)21/h9H,3-8H2,1-2H3,(H2,14,18)(H2,15,19)(H,20,21)/t9-/m0/s1. The van der Waals surface area contributed by atoms with Crippen LogP contribution in [0, 0.1) is 0 Å². The van der Waals surface area contributed by atoms with Crippen molar-refractivity contribution in [2.24, 2.45) is 11.5 Å². The molecule has 0 heterocycles. The zero-order chi connectivity index (χ0) is 18.0. The van der Waals surface area contributed by atoms with Gasteiger partial charge in [0.25, 0.3) is 0 Å². The topological polar surface area (TPSA) is 156 Å². The molecular formula is C13H24N4O6. The number of primary amides is 2. The van der Waals surface area contributed by atoms with Gasteiger partial charge in [-0.1, -0.05) is 0 Å². The highest BCUT2D eigenvalue weighted by Gasteiger charge is 2.23. The van der Waals surface area contributed by atoms with E-state index >= 15 is 0 Å². The third-order valence-electron chi connectivity index (χ3n) is 2.88. The predicted octanol–water partition coefficient (Wildman–Crippen LogP) is -2.40. The molecule has 0 aromatic rings. The van der Waals surface area contributed by atoms with Gasteiger partial charge in [-0.05, 0) is 13.8 Å². The molecule has 132 valence electrons. The van der Waals surface area contributed by atoms with Crippen LogP contribution in [-0.4, -0.2) is 84.0 Å². The van der Waals surface area contributed by atoms with Crippen molar-refractivity contribution in [3.8, 4) is 0 Å². The minimum atomic E-state index is -1.12. The number of rotatable bonds is 12. The van der Waals surface area contributed by atoms with Crippen molar-refractivity contribution in [2.45, 2.75) is 19.9 Å². The summed E-state index contributed by atoms with van der Waals surface area (Å²) in [7, 11) is 0. The molecule has 0 saturated carbocycles. The first kappa shape index (κ1) is 20.8. The maximum absolute atomic E-state index is 11.6. The number of hydrogen-bond donors (Lipinski definition) is 3. The number of amides is 2. The fourth-order valence-electron chi connectivity index (χ4n) is 2.03. The molecule has 1 atom stereocenters. The average molecular weight is 332 g/mol. The molecule has 0 fully saturated rings. The summed E-state index contributed by atoms with van der Waals surface area (Å²) in [5, 5.41) is 8.85. The third-order valence-corrected chi connectivity index (χ3v) is 2.88. The molecule has 23 heavy (non-hydrogen) atoms. The van der Waals surface area contributed by atoms with Crippen LogP contribution in [-0.2, 0) is 23.9 Å². The van der Waals surface area contributed by atoms with E-state index in [-0.39, 0.29) is 32.8 Å². The van der Waals surface area contributed by atoms with Gasteiger partial charge in [-0.3, -0.25) is 29.0 Å². The second kappa shape index (κ2) is 10.5. The van der Waals surface area contributed by atoms with Gasteiger partial charge in [-0.15, -0.1) is 0 Å². The fraction of sp³-hybridized carbons (Fsp3) is 0.692. The van der Waals surface area contributed by atoms with Crippen LogP contribution in [0.25, 0.3) is 0 Å². The van der Waals surface area contributed by atoms with Gasteiger partial charge in [0.05, 0.1) is 32.8 Å². The molecule has 0 bridgehead atoms. The Labute approximate surface area is 134 Å². The lowest BCUT2D eigenvalue weighted by molar-refractivity contribution is -0.146. The Balaban J connectivity index is 4.89. The second-order valence-electron chi connectivity index (χ2n) is 5.06. The maximum Gasteiger partial charge on any atom is 0.320 e. The number of ether oxygens (including phenoxy) is 1. The lowest BCUT2D eigenvalue weighted by atomic mass is 10.2. The highest BCUT2D eigenvalue weighted by molar-refractivity contribution is 5.78. The van der Waals surface area contributed by atoms with E-state index in [1.807, 2.05) is 0 Å². The maximum atomic E-state index is 11.6. The molecule has 0 rings (SSSR count). The van der Waals surface area contributed by atoms with Crippen molar-refractivity contribution < 1.29 is 29.0 Å². The molecule has 0 aromatic carbocycles. The van der Waals surface area contributed by atoms with E-state index < -0.39 is 36.3 Å². The normalized spacial score (nSPS) is 12.2. The van der Waals surface area contributed by atoms with Gasteiger partial charge in [0.15, 0.2) is 0 Å². The summed E-state index contributed by atoms with van der Waals surface area (Å²) in [5.74, 6) is -2.96. The summed E-state index contributed by atoms with van der Waals surface area (Å²) in [6.45, 7) is 2.63. The van der Waals surface area contributed by atoms with Crippen LogP contribution >= 0.6 is 0 Å². The largest absolute Gasteiger partial charge is 0.480 e. The third kappa shape index (κ3) is 10.2. The summed E-state index contributed by atoms with van der Waals surface area (Å²) in [6.07, 6.45) is 0. The summed E-state index contributed by atoms with van der Waals surface area (Å²) < 4.78 is 4.82. The summed E-state index contributed by atoms with van der Waals surface area (Å²) in [6, 6.07) is -0.425. The molecule has 0 radical (unpaired) electrons. The lowest BCUT2D eigenvalue weighted by Crippen LogP contribution is -2.50. The Morgan fingerprint density at radius 3 is 2.04 bits per heavy atom. The van der Waals surface area contributed by atoms with E-state index in [0.717, 1.165) is 0 Å². The van der Waals surface area contributed by atoms with Gasteiger partial charge in [0.2, 0.25) is 11.8 Å². The molecule has 0 aromatic heterocycles. The molecule has 0 aliphatic rings. The van der Waals surface area contributed by atoms with Gasteiger partial charge in [-0.2, -0.15) is 0 Å². The van der Waals surface area contributed by atoms with Crippen molar-refractivity contribution in [3.05, 3.63) is 0 Å². The summed E-state index contributed by atoms with van der Waals surface area (Å²) >= 11 is 0. The quantitative estimate of drug-likeness (QED) is 0.334. The first-order valence-electron chi connectivity index (χ1n) is 7.06. The number of esters is 1. The van der Waals surface area contributed by atoms with Gasteiger partial charge in [0, 0.05) is 12.6 Å². The molecular weight excluding hydrogens is 308 g/mol. The molecule has 10 nitrogen and oxygen atoms in total. The molecule has 0 spiro atoms. The molecule has 2 amide bonds. The van der Waals surface area contributed by atoms with Gasteiger partial charge in [0.1, 0.15) is 0 Å². The van der Waals surface area contributed by atoms with Crippen LogP contribution in [0.15, 0.2) is 0 Å². The van der Waals surface area contributed by atoms with Crippen molar-refractivity contribution >= 4 is 23.8 Å². The van der Waals surface area contributed by atoms with Crippen LogP contribution in [0.1, 0.15) is 13.8 Å². The monoisotopic (exact) mass is 332 g/mol. The van der Waals surface area contributed by atoms with E-state index in [4.69, 9.17) is 21.3 Å². The zero-order valence-electron chi connectivity index (χ0n) is 13.4. The van der Waals surface area contributed by atoms with E-state index in [1.54, 1.807) is 13.8 Å². The molecule has 5 N–H and O–H groups in total. The molecule has 10 heteroatoms. The Bertz CT molecular complexity index is 426. The van der Waals surface area contributed by atoms with E-state index in [0.29, 0.717) is 0 Å². The number of carbonyl (C=O) groups is 4. The van der Waals surface area contributed by atoms with Crippen molar-refractivity contribution in [1.29, 1.82) is 0 Å². The number of carbonyl (C=O) groups excluding carboxylic acids is 3. The van der Waals surface area contributed by atoms with Crippen LogP contribution in [0.4, 0.5) is 0 Å². The van der Waals surface area contributed by atoms with Gasteiger partial charge < -0.3 is 21.3 Å². The predicted molar refractivity (Wildman–Crippen MR) is 80.1 cm³/mol. The van der Waals surface area contributed by atoms with Crippen LogP contribution in [0.3, 0.4) is 0 Å². The molecule has 0 aliphatic carbocycles. The Morgan fingerprint density at radius 1 is 1.04 bits per heavy atom. The smallest absolute Gasteiger partial charge is 0.320 e. The number of carboxylic acids is 1. The van der Waals surface area contributed by atoms with E-state index in [9.17, 15) is 19.2 Å². The summed E-state index contributed by atoms with van der Waals surface area (Å²) in [4.78, 5) is 47.3. The number of nitrogens with two attached hydrogens (primary N) is 2. The molecule has 0 saturated heterocycles. The second-order valence-corrected chi connectivity index (χ2v) is 5.06. The van der Waals surface area contributed by atoms with Gasteiger partial charge in [-0.25, -0.2) is 0 Å². The number of hydrogen-bond acceptors (Lipinski definition) is 7. The SMILES string of the molecule is CCOC(=O)CN(CC(N)=O)[C@@H](C)CN(CC(N)=O)CC(=O)O. The first-order chi connectivity index (χ1) is 10.6. The van der Waals surface area contributed by atoms with Crippen LogP contribution in [0.2, 0.25) is 0 Å². The van der Waals surface area contributed by atoms with Crippen molar-refractivity contribution in [2.75, 3.05) is 39.3 Å². The number of nitrogens with zero attached hydrogens (tertiary/aromatic N) is 2. The summed E-state index contributed by atoms with van der Waals surface area (Å²) in [5.41, 5.74) is 10.2. The van der Waals surface area contributed by atoms with E-state index in [1.165, 1.54) is 9.80 Å². The molecule has 0 aliphatic heterocycles. The molecule has 0 unspecified atom stereocenters. The zero-order valence-corrected chi connectivity index (χ0v) is 13.4. The Morgan fingerprint density at radius 2 is 1.61 bits per heavy atom. The first-order valence-corrected chi connectivity index (χ1v) is 7.06. The van der Waals surface area contributed by atoms with E-state index in [2.05, 4.69) is 0 Å². The Hall–Kier alpha value is -2.20. The highest BCUT2D eigenvalue weighted by Crippen LogP contribution is 2.03. The van der Waals surface area contributed by atoms with Crippen molar-refractivity contribution in [1.82, 2.24) is 9.80 Å². The van der Waals surface area contributed by atoms with Crippen molar-refractivity contribution in [3.63, 3.8) is 0 Å². The van der Waals surface area contributed by atoms with Crippen LogP contribution < -0.4 is 11.5 Å². The average Bonchev–Trinajstić information content (AvgIpc) is 2.35. The highest BCUT2D eigenvalue weighted by atomic mass is 16.5. The lowest BCUT2D eigenvalue weighted by Gasteiger charge is -2.31. The fourth-order valence-corrected chi connectivity index (χ4v) is 2.03. The number of carboxylic acid groups (broad SMARTS) is 1.